The quantitative estimate of drug-likeness (QED) is 0.627. The third kappa shape index (κ3) is 5.32. The summed E-state index contributed by atoms with van der Waals surface area (Å²) in [4.78, 5) is 29.8. The Morgan fingerprint density at radius 3 is 2.43 bits per heavy atom. The SMILES string of the molecule is C[C@@H]1CN(C[C@@H](C(=O)N2CCN(c3ncnc4c3[C@H](C)CC4)CC2)c2ccc(Cl)cc2)C[C@H](C)O1. The van der Waals surface area contributed by atoms with Crippen molar-refractivity contribution in [3.8, 4) is 0 Å². The van der Waals surface area contributed by atoms with E-state index < -0.39 is 0 Å². The third-order valence-electron chi connectivity index (χ3n) is 7.65. The van der Waals surface area contributed by atoms with Crippen molar-refractivity contribution in [2.24, 2.45) is 0 Å². The van der Waals surface area contributed by atoms with E-state index in [4.69, 9.17) is 16.3 Å². The molecule has 1 aromatic carbocycles. The number of aryl methyl sites for hydroxylation is 1. The van der Waals surface area contributed by atoms with E-state index in [0.717, 1.165) is 50.4 Å². The fourth-order valence-corrected chi connectivity index (χ4v) is 6.07. The lowest BCUT2D eigenvalue weighted by molar-refractivity contribution is -0.134. The summed E-state index contributed by atoms with van der Waals surface area (Å²) in [6.45, 7) is 11.8. The van der Waals surface area contributed by atoms with Crippen molar-refractivity contribution in [2.45, 2.75) is 57.7 Å². The molecule has 2 aromatic rings. The first-order valence-corrected chi connectivity index (χ1v) is 13.3. The van der Waals surface area contributed by atoms with E-state index in [0.29, 0.717) is 30.6 Å². The van der Waals surface area contributed by atoms with Crippen LogP contribution in [0.5, 0.6) is 0 Å². The minimum Gasteiger partial charge on any atom is -0.373 e. The predicted molar refractivity (Wildman–Crippen MR) is 138 cm³/mol. The molecule has 2 aliphatic heterocycles. The molecule has 1 aromatic heterocycles. The Labute approximate surface area is 213 Å². The highest BCUT2D eigenvalue weighted by atomic mass is 35.5. The van der Waals surface area contributed by atoms with Gasteiger partial charge in [-0.05, 0) is 50.3 Å². The van der Waals surface area contributed by atoms with Gasteiger partial charge in [0.15, 0.2) is 0 Å². The Bertz CT molecular complexity index is 1030. The number of fused-ring (bicyclic) bond motifs is 1. The number of morpholine rings is 1. The van der Waals surface area contributed by atoms with Gasteiger partial charge in [0.05, 0.1) is 18.1 Å². The van der Waals surface area contributed by atoms with Crippen molar-refractivity contribution in [2.75, 3.05) is 50.7 Å². The summed E-state index contributed by atoms with van der Waals surface area (Å²) >= 11 is 6.16. The summed E-state index contributed by atoms with van der Waals surface area (Å²) in [5, 5.41) is 0.689. The van der Waals surface area contributed by atoms with Crippen LogP contribution in [0.4, 0.5) is 5.82 Å². The van der Waals surface area contributed by atoms with Crippen molar-refractivity contribution in [3.05, 3.63) is 52.4 Å². The molecule has 1 aliphatic carbocycles. The van der Waals surface area contributed by atoms with Crippen LogP contribution < -0.4 is 4.90 Å². The average Bonchev–Trinajstić information content (AvgIpc) is 3.23. The number of anilines is 1. The third-order valence-corrected chi connectivity index (χ3v) is 7.90. The van der Waals surface area contributed by atoms with Crippen molar-refractivity contribution in [1.82, 2.24) is 19.8 Å². The van der Waals surface area contributed by atoms with Crippen molar-refractivity contribution < 1.29 is 9.53 Å². The highest BCUT2D eigenvalue weighted by molar-refractivity contribution is 6.30. The van der Waals surface area contributed by atoms with Crippen LogP contribution in [0, 0.1) is 0 Å². The molecule has 35 heavy (non-hydrogen) atoms. The van der Waals surface area contributed by atoms with E-state index in [1.165, 1.54) is 11.3 Å². The fraction of sp³-hybridized carbons (Fsp3) is 0.593. The molecule has 0 spiro atoms. The molecule has 0 saturated carbocycles. The van der Waals surface area contributed by atoms with Crippen LogP contribution in [0.3, 0.4) is 0 Å². The average molecular weight is 498 g/mol. The molecule has 3 heterocycles. The van der Waals surface area contributed by atoms with Crippen LogP contribution in [0.25, 0.3) is 0 Å². The summed E-state index contributed by atoms with van der Waals surface area (Å²) in [5.74, 6) is 1.53. The molecular formula is C27H36ClN5O2. The number of hydrogen-bond acceptors (Lipinski definition) is 6. The van der Waals surface area contributed by atoms with Crippen molar-refractivity contribution in [3.63, 3.8) is 0 Å². The van der Waals surface area contributed by atoms with E-state index >= 15 is 0 Å². The molecule has 0 bridgehead atoms. The number of ether oxygens (including phenoxy) is 1. The van der Waals surface area contributed by atoms with Crippen LogP contribution in [-0.2, 0) is 16.0 Å². The number of rotatable bonds is 5. The number of aromatic nitrogens is 2. The molecule has 1 amide bonds. The van der Waals surface area contributed by atoms with Gasteiger partial charge in [-0.25, -0.2) is 9.97 Å². The number of piperazine rings is 1. The highest BCUT2D eigenvalue weighted by Crippen LogP contribution is 2.37. The topological polar surface area (TPSA) is 61.8 Å². The van der Waals surface area contributed by atoms with E-state index in [1.807, 2.05) is 29.2 Å². The van der Waals surface area contributed by atoms with E-state index in [1.54, 1.807) is 6.33 Å². The molecule has 0 unspecified atom stereocenters. The van der Waals surface area contributed by atoms with Gasteiger partial charge in [0.2, 0.25) is 5.91 Å². The van der Waals surface area contributed by atoms with Crippen LogP contribution in [0.2, 0.25) is 5.02 Å². The normalized spacial score (nSPS) is 26.0. The lowest BCUT2D eigenvalue weighted by atomic mass is 9.95. The minimum absolute atomic E-state index is 0.167. The van der Waals surface area contributed by atoms with Gasteiger partial charge < -0.3 is 14.5 Å². The molecular weight excluding hydrogens is 462 g/mol. The zero-order valence-corrected chi connectivity index (χ0v) is 21.7. The maximum absolute atomic E-state index is 13.9. The van der Waals surface area contributed by atoms with Crippen LogP contribution in [0.15, 0.2) is 30.6 Å². The van der Waals surface area contributed by atoms with Gasteiger partial charge in [-0.15, -0.1) is 0 Å². The zero-order chi connectivity index (χ0) is 24.5. The number of halogens is 1. The summed E-state index contributed by atoms with van der Waals surface area (Å²) in [5.41, 5.74) is 3.52. The first-order valence-electron chi connectivity index (χ1n) is 12.9. The van der Waals surface area contributed by atoms with E-state index in [9.17, 15) is 4.79 Å². The van der Waals surface area contributed by atoms with Gasteiger partial charge in [-0.2, -0.15) is 0 Å². The van der Waals surface area contributed by atoms with Gasteiger partial charge in [-0.1, -0.05) is 30.7 Å². The predicted octanol–water partition coefficient (Wildman–Crippen LogP) is 3.72. The molecule has 7 nitrogen and oxygen atoms in total. The van der Waals surface area contributed by atoms with Crippen LogP contribution >= 0.6 is 11.6 Å². The minimum atomic E-state index is -0.223. The largest absolute Gasteiger partial charge is 0.373 e. The zero-order valence-electron chi connectivity index (χ0n) is 21.0. The molecule has 4 atom stereocenters. The van der Waals surface area contributed by atoms with Gasteiger partial charge in [0, 0.05) is 62.1 Å². The molecule has 5 rings (SSSR count). The Morgan fingerprint density at radius 2 is 1.74 bits per heavy atom. The molecule has 0 radical (unpaired) electrons. The molecule has 8 heteroatoms. The fourth-order valence-electron chi connectivity index (χ4n) is 5.95. The summed E-state index contributed by atoms with van der Waals surface area (Å²) in [6.07, 6.45) is 4.21. The number of carbonyl (C=O) groups excluding carboxylic acids is 1. The smallest absolute Gasteiger partial charge is 0.231 e. The Hall–Kier alpha value is -2.22. The first kappa shape index (κ1) is 24.5. The maximum atomic E-state index is 13.9. The van der Waals surface area contributed by atoms with Crippen LogP contribution in [-0.4, -0.2) is 83.7 Å². The summed E-state index contributed by atoms with van der Waals surface area (Å²) in [6, 6.07) is 7.77. The molecule has 0 N–H and O–H groups in total. The second-order valence-electron chi connectivity index (χ2n) is 10.4. The lowest BCUT2D eigenvalue weighted by Gasteiger charge is -2.40. The van der Waals surface area contributed by atoms with E-state index in [2.05, 4.69) is 40.5 Å². The second kappa shape index (κ2) is 10.4. The molecule has 3 aliphatic rings. The number of hydrogen-bond donors (Lipinski definition) is 0. The van der Waals surface area contributed by atoms with Gasteiger partial charge in [0.1, 0.15) is 12.1 Å². The standard InChI is InChI=1S/C27H36ClN5O2/c1-18-4-9-24-25(18)26(30-17-29-24)32-10-12-33(13-11-32)27(34)23(21-5-7-22(28)8-6-21)16-31-14-19(2)35-20(3)15-31/h5-8,17-20,23H,4,9-16H2,1-3H3/t18-,19-,20+,23-/m1/s1. The molecule has 2 fully saturated rings. The summed E-state index contributed by atoms with van der Waals surface area (Å²) in [7, 11) is 0. The number of carbonyl (C=O) groups is 1. The van der Waals surface area contributed by atoms with Crippen LogP contribution in [0.1, 0.15) is 55.8 Å². The Morgan fingerprint density at radius 1 is 1.06 bits per heavy atom. The monoisotopic (exact) mass is 497 g/mol. The van der Waals surface area contributed by atoms with Crippen molar-refractivity contribution >= 4 is 23.3 Å². The molecule has 188 valence electrons. The number of benzene rings is 1. The van der Waals surface area contributed by atoms with Crippen molar-refractivity contribution in [1.29, 1.82) is 0 Å². The number of nitrogens with zero attached hydrogens (tertiary/aromatic N) is 5. The second-order valence-corrected chi connectivity index (χ2v) is 10.8. The van der Waals surface area contributed by atoms with E-state index in [-0.39, 0.29) is 24.0 Å². The van der Waals surface area contributed by atoms with Gasteiger partial charge in [0.25, 0.3) is 0 Å². The maximum Gasteiger partial charge on any atom is 0.231 e. The van der Waals surface area contributed by atoms with Gasteiger partial charge >= 0.3 is 0 Å². The number of amides is 1. The van der Waals surface area contributed by atoms with Gasteiger partial charge in [-0.3, -0.25) is 9.69 Å². The summed E-state index contributed by atoms with van der Waals surface area (Å²) < 4.78 is 5.92. The lowest BCUT2D eigenvalue weighted by Crippen LogP contribution is -2.53. The first-order chi connectivity index (χ1) is 16.9. The Balaban J connectivity index is 1.30. The molecule has 2 saturated heterocycles. The Kier molecular flexibility index (Phi) is 7.28. The highest BCUT2D eigenvalue weighted by Gasteiger charge is 2.34.